The smallest absolute Gasteiger partial charge is 0.257 e. The molecule has 0 saturated carbocycles. The predicted molar refractivity (Wildman–Crippen MR) is 100 cm³/mol. The van der Waals surface area contributed by atoms with Crippen LogP contribution in [0.2, 0.25) is 0 Å². The Labute approximate surface area is 157 Å². The fourth-order valence-electron chi connectivity index (χ4n) is 2.77. The summed E-state index contributed by atoms with van der Waals surface area (Å²) < 4.78 is 6.99. The van der Waals surface area contributed by atoms with Gasteiger partial charge in [0.2, 0.25) is 5.89 Å². The molecule has 0 aliphatic carbocycles. The number of hydrogen-bond acceptors (Lipinski definition) is 7. The molecule has 8 heteroatoms. The molecule has 0 radical (unpaired) electrons. The topological polar surface area (TPSA) is 45.4 Å². The van der Waals surface area contributed by atoms with Crippen LogP contribution in [-0.4, -0.2) is 46.2 Å². The number of hydrogen-bond donors (Lipinski definition) is 0. The van der Waals surface area contributed by atoms with Crippen molar-refractivity contribution in [3.8, 4) is 10.8 Å². The lowest BCUT2D eigenvalue weighted by molar-refractivity contribution is 0.115. The highest BCUT2D eigenvalue weighted by Gasteiger charge is 2.20. The first-order valence-corrected chi connectivity index (χ1v) is 10.3. The van der Waals surface area contributed by atoms with E-state index in [1.54, 1.807) is 11.3 Å². The lowest BCUT2D eigenvalue weighted by Gasteiger charge is -2.33. The monoisotopic (exact) mass is 424 g/mol. The Morgan fingerprint density at radius 3 is 2.50 bits per heavy atom. The molecule has 3 aromatic heterocycles. The molecule has 24 heavy (non-hydrogen) atoms. The number of rotatable bonds is 5. The third-order valence-electron chi connectivity index (χ3n) is 4.03. The first-order chi connectivity index (χ1) is 11.8. The summed E-state index contributed by atoms with van der Waals surface area (Å²) in [5.41, 5.74) is 0. The van der Waals surface area contributed by atoms with Crippen molar-refractivity contribution in [3.63, 3.8) is 0 Å². The largest absolute Gasteiger partial charge is 0.419 e. The van der Waals surface area contributed by atoms with E-state index in [-0.39, 0.29) is 0 Å². The standard InChI is InChI=1S/C16H17BrN4OS2/c17-14-4-3-12(24-14)10-20-5-7-21(8-6-20)11-15-18-19-16(22-15)13-2-1-9-23-13/h1-4,9H,5-8,10-11H2. The molecule has 0 amide bonds. The molecule has 0 atom stereocenters. The quantitative estimate of drug-likeness (QED) is 0.620. The molecular formula is C16H17BrN4OS2. The first-order valence-electron chi connectivity index (χ1n) is 7.81. The molecule has 1 aliphatic rings. The molecule has 0 unspecified atom stereocenters. The summed E-state index contributed by atoms with van der Waals surface area (Å²) in [5, 5.41) is 10.4. The third-order valence-corrected chi connectivity index (χ3v) is 6.50. The molecule has 0 aromatic carbocycles. The highest BCUT2D eigenvalue weighted by atomic mass is 79.9. The molecule has 0 N–H and O–H groups in total. The van der Waals surface area contributed by atoms with Crippen molar-refractivity contribution in [2.45, 2.75) is 13.1 Å². The Kier molecular flexibility index (Phi) is 5.09. The van der Waals surface area contributed by atoms with Crippen molar-refractivity contribution in [1.29, 1.82) is 0 Å². The van der Waals surface area contributed by atoms with Crippen LogP contribution in [0.3, 0.4) is 0 Å². The first kappa shape index (κ1) is 16.4. The maximum atomic E-state index is 5.79. The second-order valence-electron chi connectivity index (χ2n) is 5.74. The zero-order chi connectivity index (χ0) is 16.4. The third kappa shape index (κ3) is 3.94. The van der Waals surface area contributed by atoms with E-state index >= 15 is 0 Å². The van der Waals surface area contributed by atoms with Gasteiger partial charge in [-0.2, -0.15) is 0 Å². The normalized spacial score (nSPS) is 16.7. The van der Waals surface area contributed by atoms with Gasteiger partial charge in [-0.25, -0.2) is 0 Å². The van der Waals surface area contributed by atoms with Gasteiger partial charge < -0.3 is 4.42 Å². The van der Waals surface area contributed by atoms with Crippen molar-refractivity contribution < 1.29 is 4.42 Å². The van der Waals surface area contributed by atoms with E-state index in [1.165, 1.54) is 8.66 Å². The Balaban J connectivity index is 1.29. The van der Waals surface area contributed by atoms with Gasteiger partial charge >= 0.3 is 0 Å². The lowest BCUT2D eigenvalue weighted by atomic mass is 10.3. The van der Waals surface area contributed by atoms with Crippen molar-refractivity contribution >= 4 is 38.6 Å². The Bertz CT molecular complexity index is 778. The van der Waals surface area contributed by atoms with Gasteiger partial charge in [0, 0.05) is 37.6 Å². The van der Waals surface area contributed by atoms with Crippen LogP contribution in [0.25, 0.3) is 10.8 Å². The van der Waals surface area contributed by atoms with E-state index < -0.39 is 0 Å². The highest BCUT2D eigenvalue weighted by Crippen LogP contribution is 2.25. The minimum Gasteiger partial charge on any atom is -0.419 e. The molecule has 0 spiro atoms. The summed E-state index contributed by atoms with van der Waals surface area (Å²) in [6, 6.07) is 8.32. The van der Waals surface area contributed by atoms with Gasteiger partial charge in [-0.05, 0) is 39.5 Å². The van der Waals surface area contributed by atoms with Gasteiger partial charge in [0.15, 0.2) is 0 Å². The minimum atomic E-state index is 0.627. The number of thiophene rings is 2. The van der Waals surface area contributed by atoms with Crippen molar-refractivity contribution in [3.05, 3.63) is 44.2 Å². The highest BCUT2D eigenvalue weighted by molar-refractivity contribution is 9.11. The van der Waals surface area contributed by atoms with Crippen molar-refractivity contribution in [2.75, 3.05) is 26.2 Å². The van der Waals surface area contributed by atoms with Gasteiger partial charge in [-0.3, -0.25) is 9.80 Å². The van der Waals surface area contributed by atoms with Crippen LogP contribution in [0.5, 0.6) is 0 Å². The number of piperazine rings is 1. The molecule has 126 valence electrons. The van der Waals surface area contributed by atoms with Crippen LogP contribution < -0.4 is 0 Å². The fourth-order valence-corrected chi connectivity index (χ4v) is 4.94. The molecule has 1 fully saturated rings. The predicted octanol–water partition coefficient (Wildman–Crippen LogP) is 3.94. The van der Waals surface area contributed by atoms with Crippen LogP contribution in [0.15, 0.2) is 37.8 Å². The van der Waals surface area contributed by atoms with E-state index in [9.17, 15) is 0 Å². The molecule has 4 rings (SSSR count). The Morgan fingerprint density at radius 2 is 1.83 bits per heavy atom. The molecule has 3 aromatic rings. The van der Waals surface area contributed by atoms with Crippen molar-refractivity contribution in [2.24, 2.45) is 0 Å². The second kappa shape index (κ2) is 7.45. The molecule has 4 heterocycles. The Hall–Kier alpha value is -1.06. The van der Waals surface area contributed by atoms with E-state index in [4.69, 9.17) is 4.42 Å². The molecule has 5 nitrogen and oxygen atoms in total. The van der Waals surface area contributed by atoms with Gasteiger partial charge in [0.25, 0.3) is 5.89 Å². The minimum absolute atomic E-state index is 0.627. The number of aromatic nitrogens is 2. The number of halogens is 1. The fraction of sp³-hybridized carbons (Fsp3) is 0.375. The van der Waals surface area contributed by atoms with Crippen LogP contribution in [0, 0.1) is 0 Å². The van der Waals surface area contributed by atoms with Gasteiger partial charge in [0.05, 0.1) is 15.2 Å². The summed E-state index contributed by atoms with van der Waals surface area (Å²) in [5.74, 6) is 1.33. The van der Waals surface area contributed by atoms with E-state index in [0.29, 0.717) is 11.8 Å². The lowest BCUT2D eigenvalue weighted by Crippen LogP contribution is -2.45. The summed E-state index contributed by atoms with van der Waals surface area (Å²) in [6.07, 6.45) is 0. The van der Waals surface area contributed by atoms with E-state index in [0.717, 1.165) is 44.1 Å². The summed E-state index contributed by atoms with van der Waals surface area (Å²) in [6.45, 7) is 5.97. The van der Waals surface area contributed by atoms with E-state index in [2.05, 4.69) is 48.1 Å². The zero-order valence-electron chi connectivity index (χ0n) is 13.0. The average Bonchev–Trinajstić information content (AvgIpc) is 3.31. The number of nitrogens with zero attached hydrogens (tertiary/aromatic N) is 4. The maximum absolute atomic E-state index is 5.79. The average molecular weight is 425 g/mol. The van der Waals surface area contributed by atoms with E-state index in [1.807, 2.05) is 28.8 Å². The molecule has 1 saturated heterocycles. The SMILES string of the molecule is Brc1ccc(CN2CCN(Cc3nnc(-c4cccs4)o3)CC2)s1. The molecular weight excluding hydrogens is 408 g/mol. The summed E-state index contributed by atoms with van der Waals surface area (Å²) in [4.78, 5) is 7.32. The van der Waals surface area contributed by atoms with Crippen LogP contribution in [0.1, 0.15) is 10.8 Å². The maximum Gasteiger partial charge on any atom is 0.257 e. The van der Waals surface area contributed by atoms with Gasteiger partial charge in [0.1, 0.15) is 0 Å². The van der Waals surface area contributed by atoms with Crippen LogP contribution in [-0.2, 0) is 13.1 Å². The summed E-state index contributed by atoms with van der Waals surface area (Å²) >= 11 is 6.96. The van der Waals surface area contributed by atoms with Gasteiger partial charge in [-0.15, -0.1) is 32.9 Å². The van der Waals surface area contributed by atoms with Crippen LogP contribution in [0.4, 0.5) is 0 Å². The second-order valence-corrected chi connectivity index (χ2v) is 9.23. The summed E-state index contributed by atoms with van der Waals surface area (Å²) in [7, 11) is 0. The molecule has 0 bridgehead atoms. The Morgan fingerprint density at radius 1 is 1.04 bits per heavy atom. The molecule has 1 aliphatic heterocycles. The van der Waals surface area contributed by atoms with Crippen LogP contribution >= 0.6 is 38.6 Å². The van der Waals surface area contributed by atoms with Gasteiger partial charge in [-0.1, -0.05) is 6.07 Å². The van der Waals surface area contributed by atoms with Crippen molar-refractivity contribution in [1.82, 2.24) is 20.0 Å². The zero-order valence-corrected chi connectivity index (χ0v) is 16.2.